The summed E-state index contributed by atoms with van der Waals surface area (Å²) in [5.74, 6) is 0. The number of aromatic nitrogens is 1. The SMILES string of the molecule is Cc1ncc(COCC2CCCN2)s1. The summed E-state index contributed by atoms with van der Waals surface area (Å²) in [5.41, 5.74) is 0. The smallest absolute Gasteiger partial charge is 0.0897 e. The summed E-state index contributed by atoms with van der Waals surface area (Å²) < 4.78 is 5.62. The zero-order valence-corrected chi connectivity index (χ0v) is 9.27. The van der Waals surface area contributed by atoms with Gasteiger partial charge in [-0.1, -0.05) is 0 Å². The predicted octanol–water partition coefficient (Wildman–Crippen LogP) is 1.72. The molecule has 1 atom stereocenters. The summed E-state index contributed by atoms with van der Waals surface area (Å²) in [6, 6.07) is 0.573. The molecule has 0 saturated carbocycles. The monoisotopic (exact) mass is 212 g/mol. The lowest BCUT2D eigenvalue weighted by Crippen LogP contribution is -2.26. The van der Waals surface area contributed by atoms with E-state index in [0.717, 1.165) is 18.2 Å². The summed E-state index contributed by atoms with van der Waals surface area (Å²) in [6.45, 7) is 4.71. The number of hydrogen-bond acceptors (Lipinski definition) is 4. The molecule has 0 amide bonds. The van der Waals surface area contributed by atoms with Crippen LogP contribution in [0.2, 0.25) is 0 Å². The highest BCUT2D eigenvalue weighted by Gasteiger charge is 2.13. The first kappa shape index (κ1) is 10.1. The van der Waals surface area contributed by atoms with Gasteiger partial charge in [0.25, 0.3) is 0 Å². The highest BCUT2D eigenvalue weighted by molar-refractivity contribution is 7.11. The van der Waals surface area contributed by atoms with E-state index < -0.39 is 0 Å². The average molecular weight is 212 g/mol. The van der Waals surface area contributed by atoms with Crippen molar-refractivity contribution in [2.75, 3.05) is 13.2 Å². The Morgan fingerprint density at radius 3 is 3.29 bits per heavy atom. The molecule has 14 heavy (non-hydrogen) atoms. The van der Waals surface area contributed by atoms with Gasteiger partial charge in [0.05, 0.1) is 23.1 Å². The van der Waals surface area contributed by atoms with Crippen LogP contribution in [0.5, 0.6) is 0 Å². The van der Waals surface area contributed by atoms with Crippen molar-refractivity contribution in [3.63, 3.8) is 0 Å². The first-order chi connectivity index (χ1) is 6.84. The predicted molar refractivity (Wildman–Crippen MR) is 57.5 cm³/mol. The average Bonchev–Trinajstić information content (AvgIpc) is 2.77. The molecule has 2 heterocycles. The van der Waals surface area contributed by atoms with Crippen LogP contribution in [-0.4, -0.2) is 24.2 Å². The molecule has 1 unspecified atom stereocenters. The van der Waals surface area contributed by atoms with E-state index in [2.05, 4.69) is 10.3 Å². The number of ether oxygens (including phenoxy) is 1. The molecular weight excluding hydrogens is 196 g/mol. The van der Waals surface area contributed by atoms with E-state index >= 15 is 0 Å². The molecular formula is C10H16N2OS. The third kappa shape index (κ3) is 2.77. The van der Waals surface area contributed by atoms with Gasteiger partial charge in [0, 0.05) is 12.2 Å². The Kier molecular flexibility index (Phi) is 3.50. The first-order valence-corrected chi connectivity index (χ1v) is 5.88. The van der Waals surface area contributed by atoms with Crippen molar-refractivity contribution in [3.05, 3.63) is 16.1 Å². The van der Waals surface area contributed by atoms with E-state index in [4.69, 9.17) is 4.74 Å². The van der Waals surface area contributed by atoms with Crippen molar-refractivity contribution in [2.45, 2.75) is 32.4 Å². The zero-order chi connectivity index (χ0) is 9.80. The summed E-state index contributed by atoms with van der Waals surface area (Å²) in [4.78, 5) is 5.41. The maximum Gasteiger partial charge on any atom is 0.0897 e. The molecule has 3 nitrogen and oxygen atoms in total. The fourth-order valence-electron chi connectivity index (χ4n) is 1.67. The van der Waals surface area contributed by atoms with E-state index in [1.54, 1.807) is 11.3 Å². The second-order valence-corrected chi connectivity index (χ2v) is 4.97. The van der Waals surface area contributed by atoms with Crippen LogP contribution in [0.25, 0.3) is 0 Å². The van der Waals surface area contributed by atoms with Gasteiger partial charge in [0.1, 0.15) is 0 Å². The maximum atomic E-state index is 5.62. The van der Waals surface area contributed by atoms with Crippen molar-refractivity contribution in [1.82, 2.24) is 10.3 Å². The lowest BCUT2D eigenvalue weighted by atomic mass is 10.2. The highest BCUT2D eigenvalue weighted by atomic mass is 32.1. The molecule has 0 bridgehead atoms. The fraction of sp³-hybridized carbons (Fsp3) is 0.700. The molecule has 1 fully saturated rings. The van der Waals surface area contributed by atoms with Crippen LogP contribution >= 0.6 is 11.3 Å². The van der Waals surface area contributed by atoms with Gasteiger partial charge in [-0.2, -0.15) is 0 Å². The van der Waals surface area contributed by atoms with E-state index in [0.29, 0.717) is 12.6 Å². The molecule has 78 valence electrons. The number of nitrogens with one attached hydrogen (secondary N) is 1. The molecule has 1 N–H and O–H groups in total. The van der Waals surface area contributed by atoms with Gasteiger partial charge in [-0.3, -0.25) is 0 Å². The number of aryl methyl sites for hydroxylation is 1. The second kappa shape index (κ2) is 4.87. The topological polar surface area (TPSA) is 34.1 Å². The lowest BCUT2D eigenvalue weighted by Gasteiger charge is -2.09. The minimum Gasteiger partial charge on any atom is -0.374 e. The fourth-order valence-corrected chi connectivity index (χ4v) is 2.41. The van der Waals surface area contributed by atoms with Gasteiger partial charge < -0.3 is 10.1 Å². The summed E-state index contributed by atoms with van der Waals surface area (Å²) in [5, 5.41) is 4.52. The lowest BCUT2D eigenvalue weighted by molar-refractivity contribution is 0.105. The minimum atomic E-state index is 0.573. The van der Waals surface area contributed by atoms with Gasteiger partial charge >= 0.3 is 0 Å². The van der Waals surface area contributed by atoms with Crippen molar-refractivity contribution in [1.29, 1.82) is 0 Å². The molecule has 0 aliphatic carbocycles. The highest BCUT2D eigenvalue weighted by Crippen LogP contribution is 2.13. The Labute approximate surface area is 88.5 Å². The quantitative estimate of drug-likeness (QED) is 0.825. The third-order valence-electron chi connectivity index (χ3n) is 2.39. The molecule has 0 aromatic carbocycles. The van der Waals surface area contributed by atoms with Gasteiger partial charge in [0.15, 0.2) is 0 Å². The van der Waals surface area contributed by atoms with Crippen LogP contribution in [0.1, 0.15) is 22.7 Å². The summed E-state index contributed by atoms with van der Waals surface area (Å²) >= 11 is 1.71. The first-order valence-electron chi connectivity index (χ1n) is 5.07. The maximum absolute atomic E-state index is 5.62. The molecule has 1 aliphatic rings. The number of hydrogen-bond donors (Lipinski definition) is 1. The van der Waals surface area contributed by atoms with Crippen LogP contribution in [0.4, 0.5) is 0 Å². The molecule has 0 spiro atoms. The van der Waals surface area contributed by atoms with Gasteiger partial charge in [-0.25, -0.2) is 4.98 Å². The Bertz CT molecular complexity index is 281. The molecule has 2 rings (SSSR count). The Balaban J connectivity index is 1.67. The largest absolute Gasteiger partial charge is 0.374 e. The van der Waals surface area contributed by atoms with Crippen LogP contribution in [0.15, 0.2) is 6.20 Å². The molecule has 1 aliphatic heterocycles. The van der Waals surface area contributed by atoms with Crippen LogP contribution in [0.3, 0.4) is 0 Å². The Hall–Kier alpha value is -0.450. The summed E-state index contributed by atoms with van der Waals surface area (Å²) in [7, 11) is 0. The number of nitrogens with zero attached hydrogens (tertiary/aromatic N) is 1. The third-order valence-corrected chi connectivity index (χ3v) is 3.28. The molecule has 1 saturated heterocycles. The standard InChI is InChI=1S/C10H16N2OS/c1-8-12-5-10(14-8)7-13-6-9-3-2-4-11-9/h5,9,11H,2-4,6-7H2,1H3. The Morgan fingerprint density at radius 1 is 1.71 bits per heavy atom. The Morgan fingerprint density at radius 2 is 2.64 bits per heavy atom. The van der Waals surface area contributed by atoms with E-state index in [-0.39, 0.29) is 0 Å². The van der Waals surface area contributed by atoms with Crippen molar-refractivity contribution in [2.24, 2.45) is 0 Å². The van der Waals surface area contributed by atoms with Gasteiger partial charge in [-0.15, -0.1) is 11.3 Å². The van der Waals surface area contributed by atoms with Crippen LogP contribution in [-0.2, 0) is 11.3 Å². The van der Waals surface area contributed by atoms with Crippen LogP contribution in [0, 0.1) is 6.92 Å². The normalized spacial score (nSPS) is 21.6. The zero-order valence-electron chi connectivity index (χ0n) is 8.45. The van der Waals surface area contributed by atoms with Crippen molar-refractivity contribution < 1.29 is 4.74 Å². The van der Waals surface area contributed by atoms with Crippen molar-refractivity contribution in [3.8, 4) is 0 Å². The summed E-state index contributed by atoms with van der Waals surface area (Å²) in [6.07, 6.45) is 4.44. The molecule has 0 radical (unpaired) electrons. The minimum absolute atomic E-state index is 0.573. The number of thiazole rings is 1. The van der Waals surface area contributed by atoms with E-state index in [9.17, 15) is 0 Å². The van der Waals surface area contributed by atoms with Crippen molar-refractivity contribution >= 4 is 11.3 Å². The van der Waals surface area contributed by atoms with Gasteiger partial charge in [0.2, 0.25) is 0 Å². The molecule has 1 aromatic heterocycles. The second-order valence-electron chi connectivity index (χ2n) is 3.65. The number of rotatable bonds is 4. The van der Waals surface area contributed by atoms with E-state index in [1.807, 2.05) is 13.1 Å². The van der Waals surface area contributed by atoms with E-state index in [1.165, 1.54) is 17.7 Å². The molecule has 4 heteroatoms. The molecule has 1 aromatic rings. The van der Waals surface area contributed by atoms with Crippen LogP contribution < -0.4 is 5.32 Å². The van der Waals surface area contributed by atoms with Gasteiger partial charge in [-0.05, 0) is 26.3 Å².